The van der Waals surface area contributed by atoms with E-state index < -0.39 is 82.2 Å². The maximum Gasteiger partial charge on any atom is 0.514 e. The van der Waals surface area contributed by atoms with Crippen LogP contribution in [-0.4, -0.2) is 116 Å². The van der Waals surface area contributed by atoms with E-state index in [9.17, 15) is 19.6 Å². The number of esters is 1. The minimum Gasteiger partial charge on any atom is -0.493 e. The van der Waals surface area contributed by atoms with Crippen molar-refractivity contribution in [2.75, 3.05) is 47.0 Å². The van der Waals surface area contributed by atoms with Crippen LogP contribution in [-0.2, 0) is 42.1 Å². The van der Waals surface area contributed by atoms with Crippen molar-refractivity contribution in [2.24, 2.45) is 0 Å². The molecule has 10 rings (SSSR count). The Balaban J connectivity index is 1.29. The zero-order valence-electron chi connectivity index (χ0n) is 43.8. The third-order valence-corrected chi connectivity index (χ3v) is 15.4. The molecule has 0 radical (unpaired) electrons. The van der Waals surface area contributed by atoms with Crippen LogP contribution in [0.15, 0.2) is 18.2 Å². The Kier molecular flexibility index (Phi) is 13.2. The lowest BCUT2D eigenvalue weighted by atomic mass is 9.71. The minimum atomic E-state index is -1.54. The van der Waals surface area contributed by atoms with Crippen molar-refractivity contribution in [3.8, 4) is 46.3 Å². The SMILES string of the molecule is COc1cc2c(cc1OC(=O)OC(C)(C)C)CCNC21CSC2c3c(OC(=O)OC(C)(C)C)c(C)c4c(c3C(COC1=O)N1C(C#N)C3Cc5cc(C)c(OC)c(OC(=O)OC(C)(C)C)c5C(C21)N3C)OCO4. The van der Waals surface area contributed by atoms with Crippen molar-refractivity contribution in [1.29, 1.82) is 5.26 Å². The molecule has 0 aliphatic carbocycles. The summed E-state index contributed by atoms with van der Waals surface area (Å²) >= 11 is 1.40. The van der Waals surface area contributed by atoms with Crippen LogP contribution in [0.5, 0.6) is 40.2 Å². The van der Waals surface area contributed by atoms with E-state index in [2.05, 4.69) is 21.2 Å². The molecular weight excluding hydrogens is 965 g/mol. The molecule has 4 bridgehead atoms. The van der Waals surface area contributed by atoms with Gasteiger partial charge in [-0.15, -0.1) is 11.8 Å². The predicted molar refractivity (Wildman–Crippen MR) is 264 cm³/mol. The van der Waals surface area contributed by atoms with E-state index >= 15 is 4.79 Å². The highest BCUT2D eigenvalue weighted by Gasteiger charge is 2.62. The summed E-state index contributed by atoms with van der Waals surface area (Å²) in [5.74, 6) is 1.08. The number of rotatable bonds is 5. The Morgan fingerprint density at radius 3 is 2.03 bits per heavy atom. The molecule has 1 spiro atoms. The van der Waals surface area contributed by atoms with Gasteiger partial charge in [0.1, 0.15) is 35.2 Å². The van der Waals surface area contributed by atoms with Gasteiger partial charge in [0, 0.05) is 46.6 Å². The molecule has 19 nitrogen and oxygen atoms in total. The molecule has 392 valence electrons. The van der Waals surface area contributed by atoms with Gasteiger partial charge in [0.25, 0.3) is 0 Å². The molecule has 7 aliphatic heterocycles. The van der Waals surface area contributed by atoms with Gasteiger partial charge in [-0.3, -0.25) is 15.1 Å². The summed E-state index contributed by atoms with van der Waals surface area (Å²) in [6.45, 7) is 19.2. The van der Waals surface area contributed by atoms with Gasteiger partial charge in [-0.05, 0) is 130 Å². The fourth-order valence-electron chi connectivity index (χ4n) is 11.3. The van der Waals surface area contributed by atoms with E-state index in [1.54, 1.807) is 81.4 Å². The minimum absolute atomic E-state index is 0.00909. The number of carbonyl (C=O) groups is 4. The van der Waals surface area contributed by atoms with Gasteiger partial charge < -0.3 is 52.1 Å². The number of hydrogen-bond donors (Lipinski definition) is 1. The number of methoxy groups -OCH3 is 2. The molecular formula is C53H64N4O15S. The second-order valence-electron chi connectivity index (χ2n) is 22.2. The lowest BCUT2D eigenvalue weighted by molar-refractivity contribution is -0.157. The fourth-order valence-corrected chi connectivity index (χ4v) is 12.9. The van der Waals surface area contributed by atoms with E-state index in [0.29, 0.717) is 75.6 Å². The Morgan fingerprint density at radius 2 is 1.41 bits per heavy atom. The summed E-state index contributed by atoms with van der Waals surface area (Å²) in [4.78, 5) is 60.4. The number of ether oxygens (including phenoxy) is 11. The van der Waals surface area contributed by atoms with Gasteiger partial charge in [-0.25, -0.2) is 19.2 Å². The van der Waals surface area contributed by atoms with E-state index in [1.165, 1.54) is 26.0 Å². The van der Waals surface area contributed by atoms with E-state index in [0.717, 1.165) is 5.56 Å². The van der Waals surface area contributed by atoms with Crippen molar-refractivity contribution in [2.45, 2.75) is 147 Å². The Bertz CT molecular complexity index is 2830. The number of likely N-dealkylation sites (N-methyl/N-ethyl adjacent to an activating group) is 1. The van der Waals surface area contributed by atoms with Crippen LogP contribution < -0.4 is 38.5 Å². The number of fused-ring (bicyclic) bond motifs is 9. The van der Waals surface area contributed by atoms with Crippen molar-refractivity contribution in [3.05, 3.63) is 62.7 Å². The molecule has 7 unspecified atom stereocenters. The first-order valence-electron chi connectivity index (χ1n) is 24.3. The fraction of sp³-hybridized carbons (Fsp3) is 0.566. The summed E-state index contributed by atoms with van der Waals surface area (Å²) in [5.41, 5.74) is 0.809. The van der Waals surface area contributed by atoms with Crippen molar-refractivity contribution >= 4 is 36.2 Å². The van der Waals surface area contributed by atoms with E-state index in [-0.39, 0.29) is 42.2 Å². The molecule has 7 atom stereocenters. The Hall–Kier alpha value is -6.14. The highest BCUT2D eigenvalue weighted by Crippen LogP contribution is 2.65. The number of thioether (sulfide) groups is 1. The number of aryl methyl sites for hydroxylation is 1. The molecule has 7 aliphatic rings. The number of nitrogens with zero attached hydrogens (tertiary/aromatic N) is 3. The molecule has 73 heavy (non-hydrogen) atoms. The predicted octanol–water partition coefficient (Wildman–Crippen LogP) is 8.59. The number of nitriles is 1. The molecule has 2 saturated heterocycles. The second-order valence-corrected chi connectivity index (χ2v) is 23.3. The smallest absolute Gasteiger partial charge is 0.493 e. The maximum absolute atomic E-state index is 15.3. The maximum atomic E-state index is 15.3. The van der Waals surface area contributed by atoms with Gasteiger partial charge >= 0.3 is 24.4 Å². The number of piperazine rings is 1. The zero-order chi connectivity index (χ0) is 52.9. The first-order chi connectivity index (χ1) is 34.3. The average Bonchev–Trinajstić information content (AvgIpc) is 3.77. The van der Waals surface area contributed by atoms with Crippen LogP contribution in [0.4, 0.5) is 14.4 Å². The monoisotopic (exact) mass is 1030 g/mol. The second kappa shape index (κ2) is 18.7. The van der Waals surface area contributed by atoms with Gasteiger partial charge in [0.2, 0.25) is 6.79 Å². The van der Waals surface area contributed by atoms with E-state index in [4.69, 9.17) is 52.1 Å². The average molecular weight is 1030 g/mol. The molecule has 0 saturated carbocycles. The quantitative estimate of drug-likeness (QED) is 0.144. The topological polar surface area (TPSA) is 212 Å². The highest BCUT2D eigenvalue weighted by atomic mass is 32.2. The summed E-state index contributed by atoms with van der Waals surface area (Å²) in [5, 5.41) is 14.3. The van der Waals surface area contributed by atoms with Crippen molar-refractivity contribution < 1.29 is 71.3 Å². The first kappa shape index (κ1) is 51.7. The van der Waals surface area contributed by atoms with Crippen LogP contribution >= 0.6 is 11.8 Å². The molecule has 1 N–H and O–H groups in total. The van der Waals surface area contributed by atoms with Crippen LogP contribution in [0.25, 0.3) is 0 Å². The number of hydrogen-bond acceptors (Lipinski definition) is 20. The number of carbonyl (C=O) groups excluding carboxylic acids is 4. The molecule has 0 amide bonds. The van der Waals surface area contributed by atoms with Crippen molar-refractivity contribution in [3.63, 3.8) is 0 Å². The van der Waals surface area contributed by atoms with Gasteiger partial charge in [0.05, 0.1) is 37.6 Å². The highest BCUT2D eigenvalue weighted by molar-refractivity contribution is 7.99. The van der Waals surface area contributed by atoms with Crippen LogP contribution in [0.1, 0.15) is 124 Å². The molecule has 7 heterocycles. The lowest BCUT2D eigenvalue weighted by Gasteiger charge is -2.62. The Morgan fingerprint density at radius 1 is 0.781 bits per heavy atom. The number of nitrogens with one attached hydrogen (secondary N) is 1. The van der Waals surface area contributed by atoms with E-state index in [1.807, 2.05) is 20.0 Å². The molecule has 0 aromatic heterocycles. The van der Waals surface area contributed by atoms with Gasteiger partial charge in [-0.1, -0.05) is 6.07 Å². The Labute approximate surface area is 429 Å². The largest absolute Gasteiger partial charge is 0.514 e. The van der Waals surface area contributed by atoms with Crippen LogP contribution in [0.2, 0.25) is 0 Å². The van der Waals surface area contributed by atoms with Crippen molar-refractivity contribution in [1.82, 2.24) is 15.1 Å². The first-order valence-corrected chi connectivity index (χ1v) is 25.4. The van der Waals surface area contributed by atoms with Crippen LogP contribution in [0, 0.1) is 25.2 Å². The molecule has 3 aromatic carbocycles. The lowest BCUT2D eigenvalue weighted by Crippen LogP contribution is -2.69. The summed E-state index contributed by atoms with van der Waals surface area (Å²) < 4.78 is 66.4. The summed E-state index contributed by atoms with van der Waals surface area (Å²) in [7, 11) is 4.90. The third-order valence-electron chi connectivity index (χ3n) is 13.9. The summed E-state index contributed by atoms with van der Waals surface area (Å²) in [6, 6.07) is 4.50. The van der Waals surface area contributed by atoms with Crippen LogP contribution in [0.3, 0.4) is 0 Å². The molecule has 2 fully saturated rings. The molecule has 3 aromatic rings. The van der Waals surface area contributed by atoms with Gasteiger partial charge in [0.15, 0.2) is 40.0 Å². The third kappa shape index (κ3) is 9.20. The standard InChI is InChI=1S/C53H64N4O15S/c1-25-17-28-18-30-31(21-54)57-32-22-64-46(58)53(29-20-33(62-13)34(19-27(29)15-16-55-53)67-47(59)70-50(3,4)5)23-73-45(37-36(32)43-42(65-24-66-43)26(2)41(37)68-48(60)71-51(6,7)8)39(57)38(56(30)12)35(28)44(40(25)63-14)69-49(61)72-52(9,10)11/h17,19-20,30-32,38-39,45,55H,15-16,18,22-24H2,1-14H3. The number of benzene rings is 3. The molecule has 20 heteroatoms. The normalized spacial score (nSPS) is 25.1. The zero-order valence-corrected chi connectivity index (χ0v) is 44.6. The van der Waals surface area contributed by atoms with Gasteiger partial charge in [-0.2, -0.15) is 5.26 Å². The summed E-state index contributed by atoms with van der Waals surface area (Å²) in [6.07, 6.45) is -1.99.